The first-order valence-electron chi connectivity index (χ1n) is 8.48. The zero-order valence-electron chi connectivity index (χ0n) is 16.3. The molecule has 0 aliphatic heterocycles. The van der Waals surface area contributed by atoms with Crippen LogP contribution < -0.4 is 9.32 Å². The molecule has 190 valence electrons. The molecule has 9 nitrogen and oxygen atoms in total. The van der Waals surface area contributed by atoms with Gasteiger partial charge in [0, 0.05) is 5.56 Å². The van der Waals surface area contributed by atoms with Crippen molar-refractivity contribution in [2.45, 2.75) is 16.7 Å². The van der Waals surface area contributed by atoms with Crippen LogP contribution in [0, 0.1) is 0 Å². The molecule has 35 heavy (non-hydrogen) atoms. The Kier molecular flexibility index (Phi) is 6.79. The van der Waals surface area contributed by atoms with E-state index in [0.29, 0.717) is 10.7 Å². The fourth-order valence-electron chi connectivity index (χ4n) is 2.53. The number of alkyl halides is 6. The van der Waals surface area contributed by atoms with Gasteiger partial charge in [-0.1, -0.05) is 23.2 Å². The van der Waals surface area contributed by atoms with Crippen molar-refractivity contribution in [3.05, 3.63) is 52.3 Å². The van der Waals surface area contributed by atoms with Crippen molar-refractivity contribution in [2.24, 2.45) is 5.14 Å². The van der Waals surface area contributed by atoms with Crippen LogP contribution in [0.15, 0.2) is 41.6 Å². The maximum absolute atomic E-state index is 13.3. The summed E-state index contributed by atoms with van der Waals surface area (Å²) in [5, 5.41) is 6.16. The second-order valence-electron chi connectivity index (χ2n) is 6.48. The van der Waals surface area contributed by atoms with Crippen LogP contribution in [0.2, 0.25) is 10.0 Å². The maximum atomic E-state index is 13.3. The van der Waals surface area contributed by atoms with Gasteiger partial charge >= 0.3 is 21.8 Å². The Balaban J connectivity index is 2.17. The van der Waals surface area contributed by atoms with Gasteiger partial charge in [-0.05, 0) is 30.3 Å². The number of aromatic nitrogens is 3. The molecule has 0 aliphatic rings. The van der Waals surface area contributed by atoms with E-state index in [-0.39, 0.29) is 16.9 Å². The molecule has 0 saturated carbocycles. The first-order valence-corrected chi connectivity index (χ1v) is 12.2. The molecule has 0 saturated heterocycles. The Labute approximate surface area is 202 Å². The van der Waals surface area contributed by atoms with Crippen LogP contribution in [0.3, 0.4) is 0 Å². The highest BCUT2D eigenvalue weighted by Gasteiger charge is 2.49. The van der Waals surface area contributed by atoms with Crippen molar-refractivity contribution in [3.63, 3.8) is 0 Å². The number of hydrogen-bond acceptors (Lipinski definition) is 7. The van der Waals surface area contributed by atoms with Crippen molar-refractivity contribution in [3.8, 4) is 22.7 Å². The largest absolute Gasteiger partial charge is 0.534 e. The number of sulfonamides is 1. The van der Waals surface area contributed by atoms with Crippen molar-refractivity contribution in [2.75, 3.05) is 0 Å². The molecule has 2 aromatic heterocycles. The van der Waals surface area contributed by atoms with E-state index in [2.05, 4.69) is 14.3 Å². The number of hydrogen-bond donors (Lipinski definition) is 1. The molecule has 0 fully saturated rings. The third-order valence-corrected chi connectivity index (χ3v) is 6.37. The van der Waals surface area contributed by atoms with Crippen LogP contribution >= 0.6 is 23.2 Å². The fourth-order valence-corrected chi connectivity index (χ4v) is 4.14. The SMILES string of the molecule is NS(=O)(=O)c1ccc(-n2nc(C(F)(F)F)cc2-c2cc(Cl)c(OS(=O)(=O)C(F)(F)F)c(Cl)c2)cn1. The lowest BCUT2D eigenvalue weighted by atomic mass is 10.1. The topological polar surface area (TPSA) is 134 Å². The second-order valence-corrected chi connectivity index (χ2v) is 10.3. The molecule has 19 heteroatoms. The van der Waals surface area contributed by atoms with E-state index in [4.69, 9.17) is 28.3 Å². The van der Waals surface area contributed by atoms with Crippen molar-refractivity contribution < 1.29 is 47.4 Å². The maximum Gasteiger partial charge on any atom is 0.534 e. The third kappa shape index (κ3) is 5.64. The third-order valence-electron chi connectivity index (χ3n) is 4.03. The van der Waals surface area contributed by atoms with Gasteiger partial charge in [-0.25, -0.2) is 23.2 Å². The predicted octanol–water partition coefficient (Wildman–Crippen LogP) is 4.14. The molecule has 3 rings (SSSR count). The van der Waals surface area contributed by atoms with Crippen molar-refractivity contribution in [1.82, 2.24) is 14.8 Å². The number of nitrogens with two attached hydrogens (primary N) is 1. The smallest absolute Gasteiger partial charge is 0.373 e. The van der Waals surface area contributed by atoms with Crippen molar-refractivity contribution in [1.29, 1.82) is 0 Å². The minimum atomic E-state index is -6.16. The second kappa shape index (κ2) is 8.81. The Morgan fingerprint density at radius 2 is 1.51 bits per heavy atom. The number of pyridine rings is 1. The molecule has 0 amide bonds. The Hall–Kier alpha value is -2.60. The highest BCUT2D eigenvalue weighted by atomic mass is 35.5. The van der Waals surface area contributed by atoms with Gasteiger partial charge in [-0.2, -0.15) is 39.9 Å². The number of rotatable bonds is 5. The van der Waals surface area contributed by atoms with Gasteiger partial charge in [0.25, 0.3) is 10.0 Å². The van der Waals surface area contributed by atoms with Gasteiger partial charge in [0.2, 0.25) is 0 Å². The summed E-state index contributed by atoms with van der Waals surface area (Å²) in [5.74, 6) is -1.12. The fraction of sp³-hybridized carbons (Fsp3) is 0.125. The summed E-state index contributed by atoms with van der Waals surface area (Å²) in [4.78, 5) is 3.54. The standard InChI is InChI=1S/C16H8Cl2F6N4O5S2/c17-9-3-7(4-10(18)14(9)33-35(31,32)16(22,23)24)11-5-12(15(19,20)21)27-28(11)8-1-2-13(26-6-8)34(25,29)30/h1-6H,(H2,25,29,30). The highest BCUT2D eigenvalue weighted by Crippen LogP contribution is 2.41. The van der Waals surface area contributed by atoms with Crippen LogP contribution in [-0.2, 0) is 26.3 Å². The summed E-state index contributed by atoms with van der Waals surface area (Å²) in [5.41, 5.74) is -8.05. The van der Waals surface area contributed by atoms with Crippen molar-refractivity contribution >= 4 is 43.3 Å². The van der Waals surface area contributed by atoms with Gasteiger partial charge in [-0.3, -0.25) is 0 Å². The molecule has 0 unspecified atom stereocenters. The Morgan fingerprint density at radius 1 is 0.943 bits per heavy atom. The lowest BCUT2D eigenvalue weighted by molar-refractivity contribution is -0.141. The molecular weight excluding hydrogens is 577 g/mol. The molecule has 2 heterocycles. The Morgan fingerprint density at radius 3 is 1.94 bits per heavy atom. The van der Waals surface area contributed by atoms with Gasteiger partial charge in [-0.15, -0.1) is 0 Å². The van der Waals surface area contributed by atoms with E-state index in [9.17, 15) is 43.2 Å². The van der Waals surface area contributed by atoms with Crippen LogP contribution in [-0.4, -0.2) is 37.1 Å². The number of halogens is 8. The van der Waals surface area contributed by atoms with E-state index >= 15 is 0 Å². The summed E-state index contributed by atoms with van der Waals surface area (Å²) in [6.45, 7) is 0. The summed E-state index contributed by atoms with van der Waals surface area (Å²) >= 11 is 11.6. The molecule has 0 atom stereocenters. The minimum absolute atomic E-state index is 0.185. The van der Waals surface area contributed by atoms with E-state index in [0.717, 1.165) is 30.5 Å². The summed E-state index contributed by atoms with van der Waals surface area (Å²) in [6.07, 6.45) is -4.11. The Bertz CT molecular complexity index is 1480. The van der Waals surface area contributed by atoms with E-state index in [1.54, 1.807) is 0 Å². The number of benzene rings is 1. The first kappa shape index (κ1) is 27.0. The van der Waals surface area contributed by atoms with Gasteiger partial charge < -0.3 is 4.18 Å². The minimum Gasteiger partial charge on any atom is -0.373 e. The zero-order chi connectivity index (χ0) is 26.6. The lowest BCUT2D eigenvalue weighted by Crippen LogP contribution is -2.28. The first-order chi connectivity index (χ1) is 15.8. The summed E-state index contributed by atoms with van der Waals surface area (Å²) < 4.78 is 128. The summed E-state index contributed by atoms with van der Waals surface area (Å²) in [6, 6.07) is 4.02. The average molecular weight is 585 g/mol. The number of primary sulfonamides is 1. The average Bonchev–Trinajstić information content (AvgIpc) is 3.15. The quantitative estimate of drug-likeness (QED) is 0.270. The van der Waals surface area contributed by atoms with E-state index < -0.39 is 58.3 Å². The molecule has 0 aliphatic carbocycles. The lowest BCUT2D eigenvalue weighted by Gasteiger charge is -2.14. The van der Waals surface area contributed by atoms with E-state index in [1.807, 2.05) is 0 Å². The van der Waals surface area contributed by atoms with Crippen LogP contribution in [0.5, 0.6) is 5.75 Å². The molecule has 1 aromatic carbocycles. The monoisotopic (exact) mass is 584 g/mol. The molecule has 0 spiro atoms. The van der Waals surface area contributed by atoms with Crippen LogP contribution in [0.1, 0.15) is 5.69 Å². The van der Waals surface area contributed by atoms with Crippen LogP contribution in [0.25, 0.3) is 16.9 Å². The normalized spacial score (nSPS) is 13.2. The molecular formula is C16H8Cl2F6N4O5S2. The number of nitrogens with zero attached hydrogens (tertiary/aromatic N) is 3. The summed E-state index contributed by atoms with van der Waals surface area (Å²) in [7, 11) is -10.4. The molecule has 0 bridgehead atoms. The van der Waals surface area contributed by atoms with Gasteiger partial charge in [0.05, 0.1) is 27.6 Å². The molecule has 3 aromatic rings. The highest BCUT2D eigenvalue weighted by molar-refractivity contribution is 7.89. The van der Waals surface area contributed by atoms with Crippen LogP contribution in [0.4, 0.5) is 26.3 Å². The van der Waals surface area contributed by atoms with Gasteiger partial charge in [0.1, 0.15) is 0 Å². The van der Waals surface area contributed by atoms with Gasteiger partial charge in [0.15, 0.2) is 16.5 Å². The van der Waals surface area contributed by atoms with E-state index in [1.165, 1.54) is 0 Å². The predicted molar refractivity (Wildman–Crippen MR) is 109 cm³/mol. The zero-order valence-corrected chi connectivity index (χ0v) is 19.4. The molecule has 0 radical (unpaired) electrons. The molecule has 2 N–H and O–H groups in total.